The highest BCUT2D eigenvalue weighted by Gasteiger charge is 2.44. The van der Waals surface area contributed by atoms with Crippen LogP contribution in [0.15, 0.2) is 48.5 Å². The Balaban J connectivity index is 1.46. The topological polar surface area (TPSA) is 131 Å². The van der Waals surface area contributed by atoms with Crippen LogP contribution >= 0.6 is 11.8 Å². The van der Waals surface area contributed by atoms with E-state index in [0.29, 0.717) is 38.9 Å². The second kappa shape index (κ2) is 17.7. The quantitative estimate of drug-likeness (QED) is 0.147. The number of likely N-dealkylation sites (N-methyl/N-ethyl adjacent to an activating group) is 1. The first-order valence-corrected chi connectivity index (χ1v) is 16.9. The third-order valence-electron chi connectivity index (χ3n) is 8.12. The van der Waals surface area contributed by atoms with Crippen LogP contribution in [0.4, 0.5) is 0 Å². The van der Waals surface area contributed by atoms with Crippen LogP contribution in [0.5, 0.6) is 0 Å². The lowest BCUT2D eigenvalue weighted by atomic mass is 9.91. The second-order valence-electron chi connectivity index (χ2n) is 12.4. The number of allylic oxidation sites excluding steroid dienone is 1. The highest BCUT2D eigenvalue weighted by Crippen LogP contribution is 2.36. The van der Waals surface area contributed by atoms with E-state index in [-0.39, 0.29) is 11.8 Å². The van der Waals surface area contributed by atoms with Crippen LogP contribution in [0, 0.1) is 19.3 Å². The summed E-state index contributed by atoms with van der Waals surface area (Å²) in [6.45, 7) is 7.02. The zero-order chi connectivity index (χ0) is 33.9. The summed E-state index contributed by atoms with van der Waals surface area (Å²) in [4.78, 5) is 26.9. The van der Waals surface area contributed by atoms with Gasteiger partial charge in [-0.05, 0) is 81.2 Å². The molecule has 0 unspecified atom stereocenters. The molecule has 5 atom stereocenters. The summed E-state index contributed by atoms with van der Waals surface area (Å²) in [6.07, 6.45) is 9.18. The van der Waals surface area contributed by atoms with E-state index >= 15 is 0 Å². The molecule has 0 aliphatic carbocycles. The van der Waals surface area contributed by atoms with Crippen molar-refractivity contribution < 1.29 is 29.6 Å². The molecule has 9 nitrogen and oxygen atoms in total. The minimum Gasteiger partial charge on any atom is -0.387 e. The number of rotatable bonds is 15. The SMILES string of the molecule is C#CCN(C)CCNC(=O)C(C)(C)NC(=O)CCC/C=C/c1ccc(Cc2cc([C@@H]3O[C@H](SC)[C@@H](O)[C@H](O)[C@H]3O)ccc2C)cc1. The van der Waals surface area contributed by atoms with E-state index < -0.39 is 35.4 Å². The standard InChI is InChI=1S/C36H49N3O6S/c1-7-20-39(5)21-19-37-35(44)36(3,4)38-29(40)12-10-8-9-11-25-14-16-26(17-15-25)22-28-23-27(18-13-24(28)2)33-31(42)30(41)32(43)34(45-33)46-6/h1,9,11,13-18,23,30-34,41-43H,8,10,12,19-22H2,2-6H3,(H,37,44)(H,38,40)/b11-9+/t30-,31-,32+,33+,34-/m1/s1. The Morgan fingerprint density at radius 3 is 2.50 bits per heavy atom. The van der Waals surface area contributed by atoms with E-state index in [1.54, 1.807) is 20.1 Å². The summed E-state index contributed by atoms with van der Waals surface area (Å²) in [5.41, 5.74) is 3.51. The van der Waals surface area contributed by atoms with Gasteiger partial charge in [0.05, 0.1) is 6.54 Å². The summed E-state index contributed by atoms with van der Waals surface area (Å²) in [7, 11) is 1.88. The maximum Gasteiger partial charge on any atom is 0.245 e. The highest BCUT2D eigenvalue weighted by molar-refractivity contribution is 7.99. The maximum atomic E-state index is 12.5. The van der Waals surface area contributed by atoms with Gasteiger partial charge in [-0.2, -0.15) is 0 Å². The lowest BCUT2D eigenvalue weighted by Crippen LogP contribution is -2.55. The summed E-state index contributed by atoms with van der Waals surface area (Å²) in [6, 6.07) is 14.2. The molecule has 1 fully saturated rings. The number of ether oxygens (including phenoxy) is 1. The second-order valence-corrected chi connectivity index (χ2v) is 13.3. The molecular weight excluding hydrogens is 602 g/mol. The predicted octanol–water partition coefficient (Wildman–Crippen LogP) is 3.19. The smallest absolute Gasteiger partial charge is 0.245 e. The number of hydrogen-bond donors (Lipinski definition) is 5. The summed E-state index contributed by atoms with van der Waals surface area (Å²) < 4.78 is 5.95. The van der Waals surface area contributed by atoms with Crippen molar-refractivity contribution in [3.8, 4) is 12.3 Å². The number of aliphatic hydroxyl groups is 3. The maximum absolute atomic E-state index is 12.5. The zero-order valence-electron chi connectivity index (χ0n) is 27.5. The van der Waals surface area contributed by atoms with Crippen LogP contribution in [0.3, 0.4) is 0 Å². The number of thioether (sulfide) groups is 1. The third-order valence-corrected chi connectivity index (χ3v) is 8.98. The third kappa shape index (κ3) is 10.7. The van der Waals surface area contributed by atoms with E-state index in [0.717, 1.165) is 34.2 Å². The lowest BCUT2D eigenvalue weighted by Gasteiger charge is -2.40. The molecule has 0 bridgehead atoms. The number of terminal acetylenes is 1. The molecule has 0 saturated carbocycles. The molecule has 3 rings (SSSR count). The zero-order valence-corrected chi connectivity index (χ0v) is 28.3. The molecule has 46 heavy (non-hydrogen) atoms. The number of aliphatic hydroxyl groups excluding tert-OH is 3. The fourth-order valence-corrected chi connectivity index (χ4v) is 5.90. The summed E-state index contributed by atoms with van der Waals surface area (Å²) in [5, 5.41) is 36.8. The van der Waals surface area contributed by atoms with Gasteiger partial charge in [-0.1, -0.05) is 60.5 Å². The summed E-state index contributed by atoms with van der Waals surface area (Å²) in [5.74, 6) is 2.16. The Hall–Kier alpha value is -3.17. The minimum absolute atomic E-state index is 0.163. The number of hydrogen-bond acceptors (Lipinski definition) is 8. The Bertz CT molecular complexity index is 1370. The molecule has 1 heterocycles. The van der Waals surface area contributed by atoms with Crippen molar-refractivity contribution in [3.05, 3.63) is 76.4 Å². The molecular formula is C36H49N3O6S. The first-order chi connectivity index (χ1) is 21.9. The lowest BCUT2D eigenvalue weighted by molar-refractivity contribution is -0.200. The number of benzene rings is 2. The van der Waals surface area contributed by atoms with Gasteiger partial charge in [0.1, 0.15) is 35.4 Å². The van der Waals surface area contributed by atoms with Crippen molar-refractivity contribution in [1.29, 1.82) is 0 Å². The molecule has 2 aromatic carbocycles. The van der Waals surface area contributed by atoms with E-state index in [2.05, 4.69) is 40.8 Å². The van der Waals surface area contributed by atoms with Gasteiger partial charge < -0.3 is 30.7 Å². The number of unbranched alkanes of at least 4 members (excludes halogenated alkanes) is 1. The van der Waals surface area contributed by atoms with Crippen molar-refractivity contribution in [2.45, 2.75) is 81.8 Å². The Labute approximate surface area is 277 Å². The number of amides is 2. The van der Waals surface area contributed by atoms with Crippen LogP contribution in [-0.2, 0) is 20.7 Å². The first kappa shape index (κ1) is 37.3. The molecule has 2 aromatic rings. The molecule has 1 aliphatic rings. The van der Waals surface area contributed by atoms with E-state index in [4.69, 9.17) is 11.2 Å². The minimum atomic E-state index is -1.29. The normalized spacial score (nSPS) is 21.7. The average molecular weight is 652 g/mol. The Morgan fingerprint density at radius 2 is 1.83 bits per heavy atom. The number of nitrogens with one attached hydrogen (secondary N) is 2. The number of carbonyl (C=O) groups is 2. The van der Waals surface area contributed by atoms with Gasteiger partial charge in [0.15, 0.2) is 0 Å². The van der Waals surface area contributed by atoms with E-state index in [1.165, 1.54) is 11.8 Å². The molecule has 0 spiro atoms. The molecule has 2 amide bonds. The molecule has 5 N–H and O–H groups in total. The Kier molecular flexibility index (Phi) is 14.3. The molecule has 0 radical (unpaired) electrons. The number of aryl methyl sites for hydroxylation is 1. The van der Waals surface area contributed by atoms with Crippen molar-refractivity contribution in [2.24, 2.45) is 0 Å². The van der Waals surface area contributed by atoms with Crippen LogP contribution in [-0.4, -0.2) is 94.3 Å². The van der Waals surface area contributed by atoms with Gasteiger partial charge in [0, 0.05) is 19.5 Å². The van der Waals surface area contributed by atoms with Gasteiger partial charge in [-0.15, -0.1) is 18.2 Å². The predicted molar refractivity (Wildman–Crippen MR) is 184 cm³/mol. The highest BCUT2D eigenvalue weighted by atomic mass is 32.2. The van der Waals surface area contributed by atoms with Gasteiger partial charge in [0.25, 0.3) is 0 Å². The average Bonchev–Trinajstić information content (AvgIpc) is 3.01. The van der Waals surface area contributed by atoms with Crippen molar-refractivity contribution in [2.75, 3.05) is 32.9 Å². The van der Waals surface area contributed by atoms with Gasteiger partial charge in [0.2, 0.25) is 11.8 Å². The molecule has 250 valence electrons. The van der Waals surface area contributed by atoms with Crippen molar-refractivity contribution >= 4 is 29.7 Å². The fraction of sp³-hybridized carbons (Fsp3) is 0.500. The van der Waals surface area contributed by atoms with Gasteiger partial charge in [-0.25, -0.2) is 0 Å². The van der Waals surface area contributed by atoms with Crippen molar-refractivity contribution in [3.63, 3.8) is 0 Å². The van der Waals surface area contributed by atoms with E-state index in [9.17, 15) is 24.9 Å². The largest absolute Gasteiger partial charge is 0.387 e. The molecule has 1 aliphatic heterocycles. The number of nitrogens with zero attached hydrogens (tertiary/aromatic N) is 1. The van der Waals surface area contributed by atoms with Gasteiger partial charge >= 0.3 is 0 Å². The fourth-order valence-electron chi connectivity index (χ4n) is 5.23. The van der Waals surface area contributed by atoms with Crippen molar-refractivity contribution in [1.82, 2.24) is 15.5 Å². The Morgan fingerprint density at radius 1 is 1.11 bits per heavy atom. The number of carbonyl (C=O) groups excluding carboxylic acids is 2. The van der Waals surface area contributed by atoms with Crippen LogP contribution < -0.4 is 10.6 Å². The monoisotopic (exact) mass is 651 g/mol. The van der Waals surface area contributed by atoms with Gasteiger partial charge in [-0.3, -0.25) is 14.5 Å². The van der Waals surface area contributed by atoms with E-state index in [1.807, 2.05) is 49.2 Å². The first-order valence-electron chi connectivity index (χ1n) is 15.6. The van der Waals surface area contributed by atoms with Crippen LogP contribution in [0.25, 0.3) is 6.08 Å². The summed E-state index contributed by atoms with van der Waals surface area (Å²) >= 11 is 1.30. The molecule has 0 aromatic heterocycles. The van der Waals surface area contributed by atoms with Crippen LogP contribution in [0.2, 0.25) is 0 Å². The molecule has 10 heteroatoms. The molecule has 1 saturated heterocycles. The van der Waals surface area contributed by atoms with Crippen LogP contribution in [0.1, 0.15) is 67.0 Å².